The second-order valence-electron chi connectivity index (χ2n) is 5.46. The molecular formula is C16H21Cl2NO2. The van der Waals surface area contributed by atoms with Crippen molar-refractivity contribution in [1.29, 1.82) is 0 Å². The van der Waals surface area contributed by atoms with Gasteiger partial charge in [-0.15, -0.1) is 0 Å². The van der Waals surface area contributed by atoms with Gasteiger partial charge < -0.3 is 4.74 Å². The Balaban J connectivity index is 2.17. The van der Waals surface area contributed by atoms with Crippen LogP contribution in [0.1, 0.15) is 38.2 Å². The third-order valence-electron chi connectivity index (χ3n) is 3.79. The van der Waals surface area contributed by atoms with Gasteiger partial charge in [0.25, 0.3) is 0 Å². The van der Waals surface area contributed by atoms with Crippen LogP contribution in [-0.4, -0.2) is 19.7 Å². The van der Waals surface area contributed by atoms with Crippen LogP contribution in [0.25, 0.3) is 0 Å². The molecule has 21 heavy (non-hydrogen) atoms. The predicted molar refractivity (Wildman–Crippen MR) is 87.5 cm³/mol. The summed E-state index contributed by atoms with van der Waals surface area (Å²) in [5, 5.41) is 0.866. The molecule has 0 unspecified atom stereocenters. The second kappa shape index (κ2) is 7.37. The lowest BCUT2D eigenvalue weighted by Crippen LogP contribution is -2.28. The van der Waals surface area contributed by atoms with Crippen LogP contribution in [0.4, 0.5) is 10.5 Å². The maximum atomic E-state index is 12.0. The minimum Gasteiger partial charge on any atom is -0.449 e. The first-order valence-corrected chi connectivity index (χ1v) is 8.17. The summed E-state index contributed by atoms with van der Waals surface area (Å²) < 4.78 is 5.05. The molecule has 0 radical (unpaired) electrons. The molecule has 1 aromatic carbocycles. The highest BCUT2D eigenvalue weighted by Gasteiger charge is 2.23. The average molecular weight is 330 g/mol. The van der Waals surface area contributed by atoms with E-state index < -0.39 is 6.09 Å². The Bertz CT molecular complexity index is 515. The van der Waals surface area contributed by atoms with Crippen molar-refractivity contribution in [2.75, 3.05) is 18.6 Å². The highest BCUT2D eigenvalue weighted by atomic mass is 35.5. The lowest BCUT2D eigenvalue weighted by Gasteiger charge is -2.22. The number of rotatable bonds is 6. The number of carbonyl (C=O) groups excluding carboxylic acids is 1. The lowest BCUT2D eigenvalue weighted by atomic mass is 10.0. The van der Waals surface area contributed by atoms with Gasteiger partial charge in [0.2, 0.25) is 0 Å². The highest BCUT2D eigenvalue weighted by Crippen LogP contribution is 2.38. The number of hydrogen-bond donors (Lipinski definition) is 0. The normalized spacial score (nSPS) is 14.1. The van der Waals surface area contributed by atoms with Crippen LogP contribution < -0.4 is 4.90 Å². The zero-order valence-corrected chi connectivity index (χ0v) is 14.0. The fraction of sp³-hybridized carbons (Fsp3) is 0.562. The Morgan fingerprint density at radius 2 is 2.10 bits per heavy atom. The second-order valence-corrected chi connectivity index (χ2v) is 6.25. The maximum Gasteiger partial charge on any atom is 0.414 e. The van der Waals surface area contributed by atoms with Gasteiger partial charge in [0.15, 0.2) is 0 Å². The van der Waals surface area contributed by atoms with Gasteiger partial charge in [0.05, 0.1) is 22.3 Å². The third kappa shape index (κ3) is 4.27. The number of anilines is 1. The van der Waals surface area contributed by atoms with Gasteiger partial charge in [0, 0.05) is 7.05 Å². The van der Waals surface area contributed by atoms with Crippen molar-refractivity contribution in [1.82, 2.24) is 0 Å². The first kappa shape index (κ1) is 16.4. The first-order valence-electron chi connectivity index (χ1n) is 7.42. The van der Waals surface area contributed by atoms with Crippen LogP contribution in [0, 0.1) is 5.92 Å². The van der Waals surface area contributed by atoms with E-state index in [9.17, 15) is 4.79 Å². The van der Waals surface area contributed by atoms with Crippen LogP contribution in [0.15, 0.2) is 12.1 Å². The highest BCUT2D eigenvalue weighted by molar-refractivity contribution is 6.44. The Morgan fingerprint density at radius 3 is 2.71 bits per heavy atom. The largest absolute Gasteiger partial charge is 0.449 e. The molecule has 0 spiro atoms. The molecule has 1 saturated carbocycles. The zero-order valence-electron chi connectivity index (χ0n) is 12.5. The predicted octanol–water partition coefficient (Wildman–Crippen LogP) is 5.32. The molecule has 0 heterocycles. The molecule has 3 nitrogen and oxygen atoms in total. The van der Waals surface area contributed by atoms with Crippen molar-refractivity contribution in [3.8, 4) is 0 Å². The monoisotopic (exact) mass is 329 g/mol. The van der Waals surface area contributed by atoms with E-state index in [2.05, 4.69) is 0 Å². The van der Waals surface area contributed by atoms with Crippen molar-refractivity contribution in [3.05, 3.63) is 27.7 Å². The maximum absolute atomic E-state index is 12.0. The number of ether oxygens (including phenoxy) is 1. The Labute approximate surface area is 136 Å². The summed E-state index contributed by atoms with van der Waals surface area (Å²) in [5.41, 5.74) is 1.71. The Morgan fingerprint density at radius 1 is 1.38 bits per heavy atom. The molecule has 0 bridgehead atoms. The van der Waals surface area contributed by atoms with Crippen molar-refractivity contribution >= 4 is 35.0 Å². The van der Waals surface area contributed by atoms with Gasteiger partial charge >= 0.3 is 6.09 Å². The molecule has 1 fully saturated rings. The number of nitrogens with zero attached hydrogens (tertiary/aromatic N) is 1. The van der Waals surface area contributed by atoms with Crippen LogP contribution in [0.2, 0.25) is 10.0 Å². The first-order chi connectivity index (χ1) is 10.0. The van der Waals surface area contributed by atoms with E-state index in [4.69, 9.17) is 27.9 Å². The molecule has 2 rings (SSSR count). The number of aryl methyl sites for hydroxylation is 1. The number of amides is 1. The van der Waals surface area contributed by atoms with E-state index in [1.807, 2.05) is 6.07 Å². The third-order valence-corrected chi connectivity index (χ3v) is 4.58. The molecule has 0 aliphatic heterocycles. The smallest absolute Gasteiger partial charge is 0.414 e. The van der Waals surface area contributed by atoms with Crippen molar-refractivity contribution < 1.29 is 9.53 Å². The molecule has 1 amide bonds. The summed E-state index contributed by atoms with van der Waals surface area (Å²) in [5.74, 6) is 0.902. The van der Waals surface area contributed by atoms with Crippen LogP contribution >= 0.6 is 23.2 Å². The van der Waals surface area contributed by atoms with Crippen molar-refractivity contribution in [3.63, 3.8) is 0 Å². The molecule has 1 aromatic rings. The topological polar surface area (TPSA) is 29.5 Å². The standard InChI is InChI=1S/C16H21Cl2NO2/c1-3-21-16(20)19(2)15-12(6-4-5-11-7-8-11)9-10-13(17)14(15)18/h9-11H,3-8H2,1-2H3. The quantitative estimate of drug-likeness (QED) is 0.706. The molecule has 0 N–H and O–H groups in total. The lowest BCUT2D eigenvalue weighted by molar-refractivity contribution is 0.161. The van der Waals surface area contributed by atoms with Crippen LogP contribution in [-0.2, 0) is 11.2 Å². The van der Waals surface area contributed by atoms with E-state index in [1.54, 1.807) is 20.0 Å². The number of carbonyl (C=O) groups is 1. The van der Waals surface area contributed by atoms with Gasteiger partial charge in [-0.05, 0) is 37.3 Å². The summed E-state index contributed by atoms with van der Waals surface area (Å²) >= 11 is 12.4. The fourth-order valence-electron chi connectivity index (χ4n) is 2.44. The molecule has 1 aliphatic rings. The van der Waals surface area contributed by atoms with Gasteiger partial charge in [-0.2, -0.15) is 0 Å². The molecule has 116 valence electrons. The summed E-state index contributed by atoms with van der Waals surface area (Å²) in [6.07, 6.45) is 5.54. The Kier molecular flexibility index (Phi) is 5.77. The summed E-state index contributed by atoms with van der Waals surface area (Å²) in [4.78, 5) is 13.4. The SMILES string of the molecule is CCOC(=O)N(C)c1c(CCCC2CC2)ccc(Cl)c1Cl. The fourth-order valence-corrected chi connectivity index (χ4v) is 2.91. The molecule has 0 saturated heterocycles. The van der Waals surface area contributed by atoms with E-state index in [-0.39, 0.29) is 0 Å². The van der Waals surface area contributed by atoms with Gasteiger partial charge in [0.1, 0.15) is 0 Å². The van der Waals surface area contributed by atoms with Crippen LogP contribution in [0.5, 0.6) is 0 Å². The molecule has 5 heteroatoms. The number of benzene rings is 1. The summed E-state index contributed by atoms with van der Waals surface area (Å²) in [6, 6.07) is 3.74. The van der Waals surface area contributed by atoms with E-state index in [0.717, 1.165) is 24.3 Å². The van der Waals surface area contributed by atoms with Gasteiger partial charge in [-0.3, -0.25) is 4.90 Å². The van der Waals surface area contributed by atoms with E-state index >= 15 is 0 Å². The summed E-state index contributed by atoms with van der Waals surface area (Å²) in [6.45, 7) is 2.11. The number of hydrogen-bond acceptors (Lipinski definition) is 2. The number of halogens is 2. The Hall–Kier alpha value is -0.930. The molecule has 1 aliphatic carbocycles. The zero-order chi connectivity index (χ0) is 15.4. The van der Waals surface area contributed by atoms with Crippen molar-refractivity contribution in [2.24, 2.45) is 5.92 Å². The van der Waals surface area contributed by atoms with Gasteiger partial charge in [-0.1, -0.05) is 48.5 Å². The minimum atomic E-state index is -0.412. The van der Waals surface area contributed by atoms with E-state index in [0.29, 0.717) is 22.3 Å². The average Bonchev–Trinajstić information content (AvgIpc) is 3.27. The van der Waals surface area contributed by atoms with Crippen molar-refractivity contribution in [2.45, 2.75) is 39.0 Å². The molecule has 0 atom stereocenters. The van der Waals surface area contributed by atoms with Crippen LogP contribution in [0.3, 0.4) is 0 Å². The summed E-state index contributed by atoms with van der Waals surface area (Å²) in [7, 11) is 1.67. The molecule has 0 aromatic heterocycles. The molecular weight excluding hydrogens is 309 g/mol. The van der Waals surface area contributed by atoms with E-state index in [1.165, 1.54) is 24.2 Å². The minimum absolute atomic E-state index is 0.332. The van der Waals surface area contributed by atoms with Gasteiger partial charge in [-0.25, -0.2) is 4.79 Å².